The molecule has 1 aliphatic rings. The van der Waals surface area contributed by atoms with Crippen molar-refractivity contribution in [1.82, 2.24) is 19.7 Å². The average molecular weight is 300 g/mol. The summed E-state index contributed by atoms with van der Waals surface area (Å²) in [6.07, 6.45) is 1.70. The highest BCUT2D eigenvalue weighted by atomic mass is 16.2. The normalized spacial score (nSPS) is 15.8. The minimum atomic E-state index is 0.0262. The summed E-state index contributed by atoms with van der Waals surface area (Å²) in [4.78, 5) is 16.4. The molecule has 2 heterocycles. The summed E-state index contributed by atoms with van der Waals surface area (Å²) in [7, 11) is 1.94. The largest absolute Gasteiger partial charge is 0.338 e. The Morgan fingerprint density at radius 3 is 2.55 bits per heavy atom. The first-order valence-corrected chi connectivity index (χ1v) is 7.38. The van der Waals surface area contributed by atoms with E-state index in [9.17, 15) is 4.79 Å². The minimum Gasteiger partial charge on any atom is -0.338 e. The number of anilines is 2. The lowest BCUT2D eigenvalue weighted by Gasteiger charge is -2.34. The van der Waals surface area contributed by atoms with E-state index in [1.165, 1.54) is 0 Å². The predicted molar refractivity (Wildman–Crippen MR) is 84.7 cm³/mol. The third-order valence-electron chi connectivity index (χ3n) is 3.77. The molecular formula is C15H20N6O. The third-order valence-corrected chi connectivity index (χ3v) is 3.77. The van der Waals surface area contributed by atoms with Crippen LogP contribution in [0.3, 0.4) is 0 Å². The lowest BCUT2D eigenvalue weighted by atomic mass is 10.3. The van der Waals surface area contributed by atoms with E-state index in [1.54, 1.807) is 6.33 Å². The Morgan fingerprint density at radius 1 is 1.18 bits per heavy atom. The molecule has 0 aliphatic carbocycles. The number of carbonyl (C=O) groups is 1. The first kappa shape index (κ1) is 14.5. The summed E-state index contributed by atoms with van der Waals surface area (Å²) >= 11 is 0. The second-order valence-corrected chi connectivity index (χ2v) is 5.42. The fourth-order valence-corrected chi connectivity index (χ4v) is 2.59. The maximum absolute atomic E-state index is 12.1. The van der Waals surface area contributed by atoms with Gasteiger partial charge >= 0.3 is 0 Å². The summed E-state index contributed by atoms with van der Waals surface area (Å²) in [5.74, 6) is 0.909. The van der Waals surface area contributed by atoms with Crippen molar-refractivity contribution in [3.8, 4) is 0 Å². The highest BCUT2D eigenvalue weighted by Crippen LogP contribution is 2.12. The standard InChI is InChI=1S/C15H20N6O/c1-19-12-16-18-15(19)21-9-7-20(8-10-21)11-14(22)17-13-5-3-2-4-6-13/h2-6,12H,7-11H2,1H3,(H,17,22). The van der Waals surface area contributed by atoms with Crippen molar-refractivity contribution in [2.75, 3.05) is 42.9 Å². The van der Waals surface area contributed by atoms with Gasteiger partial charge in [-0.3, -0.25) is 9.69 Å². The van der Waals surface area contributed by atoms with Crippen molar-refractivity contribution in [3.05, 3.63) is 36.7 Å². The lowest BCUT2D eigenvalue weighted by molar-refractivity contribution is -0.117. The molecular weight excluding hydrogens is 280 g/mol. The number of piperazine rings is 1. The van der Waals surface area contributed by atoms with Crippen molar-refractivity contribution >= 4 is 17.5 Å². The Bertz CT molecular complexity index is 618. The molecule has 7 nitrogen and oxygen atoms in total. The van der Waals surface area contributed by atoms with E-state index >= 15 is 0 Å². The monoisotopic (exact) mass is 300 g/mol. The zero-order chi connectivity index (χ0) is 15.4. The van der Waals surface area contributed by atoms with E-state index in [-0.39, 0.29) is 5.91 Å². The number of nitrogens with zero attached hydrogens (tertiary/aromatic N) is 5. The predicted octanol–water partition coefficient (Wildman–Crippen LogP) is 0.576. The van der Waals surface area contributed by atoms with Crippen LogP contribution in [-0.2, 0) is 11.8 Å². The Hall–Kier alpha value is -2.41. The molecule has 1 fully saturated rings. The first-order valence-electron chi connectivity index (χ1n) is 7.38. The quantitative estimate of drug-likeness (QED) is 0.894. The molecule has 116 valence electrons. The maximum atomic E-state index is 12.1. The van der Waals surface area contributed by atoms with Crippen molar-refractivity contribution in [2.24, 2.45) is 7.05 Å². The molecule has 22 heavy (non-hydrogen) atoms. The van der Waals surface area contributed by atoms with Crippen LogP contribution in [0.1, 0.15) is 0 Å². The maximum Gasteiger partial charge on any atom is 0.238 e. The van der Waals surface area contributed by atoms with Crippen molar-refractivity contribution in [3.63, 3.8) is 0 Å². The fraction of sp³-hybridized carbons (Fsp3) is 0.400. The van der Waals surface area contributed by atoms with Gasteiger partial charge in [0.2, 0.25) is 11.9 Å². The first-order chi connectivity index (χ1) is 10.7. The number of hydrogen-bond acceptors (Lipinski definition) is 5. The molecule has 1 aromatic heterocycles. The smallest absolute Gasteiger partial charge is 0.238 e. The van der Waals surface area contributed by atoms with Crippen molar-refractivity contribution in [2.45, 2.75) is 0 Å². The van der Waals surface area contributed by atoms with Crippen LogP contribution in [0.15, 0.2) is 36.7 Å². The van der Waals surface area contributed by atoms with E-state index in [1.807, 2.05) is 41.9 Å². The van der Waals surface area contributed by atoms with Crippen LogP contribution >= 0.6 is 0 Å². The van der Waals surface area contributed by atoms with Crippen LogP contribution in [0.4, 0.5) is 11.6 Å². The van der Waals surface area contributed by atoms with Gasteiger partial charge in [0.1, 0.15) is 6.33 Å². The van der Waals surface area contributed by atoms with E-state index in [2.05, 4.69) is 25.3 Å². The second kappa shape index (κ2) is 6.57. The third kappa shape index (κ3) is 3.43. The SMILES string of the molecule is Cn1cnnc1N1CCN(CC(=O)Nc2ccccc2)CC1. The Balaban J connectivity index is 1.48. The van der Waals surface area contributed by atoms with E-state index < -0.39 is 0 Å². The van der Waals surface area contributed by atoms with Crippen LogP contribution < -0.4 is 10.2 Å². The van der Waals surface area contributed by atoms with Gasteiger partial charge in [0, 0.05) is 38.9 Å². The summed E-state index contributed by atoms with van der Waals surface area (Å²) in [6, 6.07) is 9.54. The van der Waals surface area contributed by atoms with Crippen LogP contribution in [0.25, 0.3) is 0 Å². The van der Waals surface area contributed by atoms with Gasteiger partial charge in [-0.15, -0.1) is 10.2 Å². The van der Waals surface area contributed by atoms with Crippen LogP contribution in [0.5, 0.6) is 0 Å². The van der Waals surface area contributed by atoms with Crippen LogP contribution in [-0.4, -0.2) is 58.3 Å². The van der Waals surface area contributed by atoms with Crippen molar-refractivity contribution in [1.29, 1.82) is 0 Å². The number of para-hydroxylation sites is 1. The lowest BCUT2D eigenvalue weighted by Crippen LogP contribution is -2.49. The van der Waals surface area contributed by atoms with E-state index in [4.69, 9.17) is 0 Å². The van der Waals surface area contributed by atoms with E-state index in [0.29, 0.717) is 6.54 Å². The van der Waals surface area contributed by atoms with Gasteiger partial charge < -0.3 is 14.8 Å². The number of nitrogens with one attached hydrogen (secondary N) is 1. The molecule has 0 atom stereocenters. The molecule has 2 aromatic rings. The van der Waals surface area contributed by atoms with Gasteiger partial charge in [0.15, 0.2) is 0 Å². The molecule has 3 rings (SSSR count). The number of carbonyl (C=O) groups excluding carboxylic acids is 1. The van der Waals surface area contributed by atoms with Gasteiger partial charge in [-0.2, -0.15) is 0 Å². The van der Waals surface area contributed by atoms with Gasteiger partial charge in [-0.1, -0.05) is 18.2 Å². The zero-order valence-electron chi connectivity index (χ0n) is 12.6. The number of aryl methyl sites for hydroxylation is 1. The summed E-state index contributed by atoms with van der Waals surface area (Å²) in [5.41, 5.74) is 0.838. The number of amides is 1. The van der Waals surface area contributed by atoms with E-state index in [0.717, 1.165) is 37.8 Å². The van der Waals surface area contributed by atoms with Gasteiger partial charge in [-0.25, -0.2) is 0 Å². The number of aromatic nitrogens is 3. The zero-order valence-corrected chi connectivity index (χ0v) is 12.6. The topological polar surface area (TPSA) is 66.3 Å². The second-order valence-electron chi connectivity index (χ2n) is 5.42. The molecule has 0 radical (unpaired) electrons. The van der Waals surface area contributed by atoms with Gasteiger partial charge in [0.25, 0.3) is 0 Å². The molecule has 0 bridgehead atoms. The average Bonchev–Trinajstić information content (AvgIpc) is 2.95. The summed E-state index contributed by atoms with van der Waals surface area (Å²) in [6.45, 7) is 3.81. The molecule has 1 saturated heterocycles. The molecule has 0 spiro atoms. The highest BCUT2D eigenvalue weighted by Gasteiger charge is 2.21. The van der Waals surface area contributed by atoms with Crippen molar-refractivity contribution < 1.29 is 4.79 Å². The Morgan fingerprint density at radius 2 is 1.91 bits per heavy atom. The highest BCUT2D eigenvalue weighted by molar-refractivity contribution is 5.92. The molecule has 1 amide bonds. The van der Waals surface area contributed by atoms with Crippen LogP contribution in [0, 0.1) is 0 Å². The number of hydrogen-bond donors (Lipinski definition) is 1. The number of rotatable bonds is 4. The molecule has 1 aliphatic heterocycles. The molecule has 1 aromatic carbocycles. The Kier molecular flexibility index (Phi) is 4.34. The molecule has 0 saturated carbocycles. The summed E-state index contributed by atoms with van der Waals surface area (Å²) in [5, 5.41) is 10.9. The molecule has 0 unspecified atom stereocenters. The molecule has 1 N–H and O–H groups in total. The van der Waals surface area contributed by atoms with Crippen LogP contribution in [0.2, 0.25) is 0 Å². The Labute approximate surface area is 129 Å². The summed E-state index contributed by atoms with van der Waals surface area (Å²) < 4.78 is 1.91. The minimum absolute atomic E-state index is 0.0262. The number of benzene rings is 1. The van der Waals surface area contributed by atoms with Gasteiger partial charge in [-0.05, 0) is 12.1 Å². The fourth-order valence-electron chi connectivity index (χ4n) is 2.59. The molecule has 7 heteroatoms. The van der Waals surface area contributed by atoms with Gasteiger partial charge in [0.05, 0.1) is 6.54 Å².